The molecule has 0 atom stereocenters. The Kier molecular flexibility index (Phi) is 3.85. The third-order valence-electron chi connectivity index (χ3n) is 3.60. The highest BCUT2D eigenvalue weighted by molar-refractivity contribution is 6.95. The topological polar surface area (TPSA) is 78.1 Å². The summed E-state index contributed by atoms with van der Waals surface area (Å²) >= 11 is 0. The van der Waals surface area contributed by atoms with Gasteiger partial charge in [0.15, 0.2) is 8.80 Å². The van der Waals surface area contributed by atoms with Crippen LogP contribution in [0, 0.1) is 0 Å². The maximum Gasteiger partial charge on any atom is 0.154 e. The Balaban J connectivity index is 2.10. The molecular weight excluding hydrogens is 286 g/mol. The molecule has 4 heteroatoms. The molecule has 0 saturated heterocycles. The van der Waals surface area contributed by atoms with Gasteiger partial charge in [0.25, 0.3) is 0 Å². The van der Waals surface area contributed by atoms with Crippen LogP contribution in [0.4, 0.5) is 17.1 Å². The van der Waals surface area contributed by atoms with Crippen LogP contribution in [0.2, 0.25) is 0 Å². The second-order valence-electron chi connectivity index (χ2n) is 5.24. The zero-order valence-corrected chi connectivity index (χ0v) is 13.2. The maximum atomic E-state index is 5.82. The zero-order valence-electron chi connectivity index (χ0n) is 12.2. The van der Waals surface area contributed by atoms with E-state index in [2.05, 4.69) is 36.4 Å². The number of hydrogen-bond acceptors (Lipinski definition) is 3. The molecule has 0 amide bonds. The van der Waals surface area contributed by atoms with Gasteiger partial charge in [0.2, 0.25) is 0 Å². The van der Waals surface area contributed by atoms with Crippen LogP contribution >= 0.6 is 0 Å². The van der Waals surface area contributed by atoms with Gasteiger partial charge in [-0.05, 0) is 36.4 Å². The van der Waals surface area contributed by atoms with Crippen LogP contribution in [0.15, 0.2) is 72.8 Å². The van der Waals surface area contributed by atoms with E-state index in [-0.39, 0.29) is 0 Å². The lowest BCUT2D eigenvalue weighted by molar-refractivity contribution is 1.68. The Bertz CT molecular complexity index is 642. The third kappa shape index (κ3) is 2.97. The average Bonchev–Trinajstić information content (AvgIpc) is 2.53. The molecule has 0 aliphatic carbocycles. The van der Waals surface area contributed by atoms with Crippen molar-refractivity contribution in [2.24, 2.45) is 0 Å². The molecule has 3 rings (SSSR count). The lowest BCUT2D eigenvalue weighted by Crippen LogP contribution is -2.51. The SMILES string of the molecule is Nc1ccc([Si](c2ccc(N)cc2)c2ccc(N)cc2)cc1. The van der Waals surface area contributed by atoms with Crippen molar-refractivity contribution >= 4 is 41.4 Å². The van der Waals surface area contributed by atoms with E-state index in [1.165, 1.54) is 15.6 Å². The molecule has 0 bridgehead atoms. The van der Waals surface area contributed by atoms with Gasteiger partial charge in [-0.2, -0.15) is 0 Å². The summed E-state index contributed by atoms with van der Waals surface area (Å²) in [6, 6.07) is 24.4. The molecule has 0 heterocycles. The third-order valence-corrected chi connectivity index (χ3v) is 6.33. The van der Waals surface area contributed by atoms with Crippen molar-refractivity contribution in [2.75, 3.05) is 17.2 Å². The van der Waals surface area contributed by atoms with Crippen molar-refractivity contribution < 1.29 is 0 Å². The Labute approximate surface area is 132 Å². The van der Waals surface area contributed by atoms with Crippen molar-refractivity contribution in [3.05, 3.63) is 72.8 Å². The molecule has 3 aromatic carbocycles. The van der Waals surface area contributed by atoms with Gasteiger partial charge in [0, 0.05) is 17.1 Å². The number of hydrogen-bond donors (Lipinski definition) is 3. The molecule has 0 spiro atoms. The van der Waals surface area contributed by atoms with Gasteiger partial charge in [-0.15, -0.1) is 0 Å². The Morgan fingerprint density at radius 3 is 0.864 bits per heavy atom. The zero-order chi connectivity index (χ0) is 15.5. The van der Waals surface area contributed by atoms with Gasteiger partial charge < -0.3 is 17.2 Å². The van der Waals surface area contributed by atoms with Crippen molar-refractivity contribution in [1.29, 1.82) is 0 Å². The van der Waals surface area contributed by atoms with Crippen LogP contribution in [-0.4, -0.2) is 8.80 Å². The molecule has 0 unspecified atom stereocenters. The molecule has 109 valence electrons. The minimum absolute atomic E-state index is 0.778. The molecule has 3 aromatic rings. The molecule has 0 aliphatic rings. The van der Waals surface area contributed by atoms with E-state index in [9.17, 15) is 0 Å². The molecule has 3 nitrogen and oxygen atoms in total. The van der Waals surface area contributed by atoms with E-state index in [1.807, 2.05) is 36.4 Å². The molecule has 22 heavy (non-hydrogen) atoms. The first-order valence-corrected chi connectivity index (χ1v) is 8.58. The average molecular weight is 304 g/mol. The standard InChI is InChI=1S/C18H18N3Si/c19-13-1-7-16(8-2-13)22(17-9-3-14(20)4-10-17)18-11-5-15(21)6-12-18/h1-12H,19-21H2. The van der Waals surface area contributed by atoms with E-state index < -0.39 is 8.80 Å². The summed E-state index contributed by atoms with van der Waals surface area (Å²) in [5.74, 6) is 0. The van der Waals surface area contributed by atoms with Gasteiger partial charge in [0.1, 0.15) is 0 Å². The Morgan fingerprint density at radius 2 is 0.636 bits per heavy atom. The van der Waals surface area contributed by atoms with Crippen molar-refractivity contribution in [1.82, 2.24) is 0 Å². The van der Waals surface area contributed by atoms with E-state index >= 15 is 0 Å². The Hall–Kier alpha value is -2.72. The fourth-order valence-corrected chi connectivity index (χ4v) is 4.95. The number of rotatable bonds is 3. The molecule has 0 aromatic heterocycles. The summed E-state index contributed by atoms with van der Waals surface area (Å²) in [6.07, 6.45) is 0. The maximum absolute atomic E-state index is 5.82. The summed E-state index contributed by atoms with van der Waals surface area (Å²) < 4.78 is 0. The molecule has 0 aliphatic heterocycles. The van der Waals surface area contributed by atoms with Crippen LogP contribution in [0.3, 0.4) is 0 Å². The minimum Gasteiger partial charge on any atom is -0.399 e. The molecular formula is C18H18N3Si. The van der Waals surface area contributed by atoms with Gasteiger partial charge >= 0.3 is 0 Å². The van der Waals surface area contributed by atoms with E-state index in [0.717, 1.165) is 17.1 Å². The second-order valence-corrected chi connectivity index (χ2v) is 7.72. The first-order chi connectivity index (χ1) is 10.6. The lowest BCUT2D eigenvalue weighted by atomic mass is 10.3. The van der Waals surface area contributed by atoms with Gasteiger partial charge in [0.05, 0.1) is 0 Å². The molecule has 6 N–H and O–H groups in total. The Morgan fingerprint density at radius 1 is 0.409 bits per heavy atom. The predicted molar refractivity (Wildman–Crippen MR) is 97.2 cm³/mol. The summed E-state index contributed by atoms with van der Waals surface area (Å²) in [6.45, 7) is 0. The quantitative estimate of drug-likeness (QED) is 0.383. The first-order valence-electron chi connectivity index (χ1n) is 7.08. The van der Waals surface area contributed by atoms with Crippen molar-refractivity contribution in [3.63, 3.8) is 0 Å². The summed E-state index contributed by atoms with van der Waals surface area (Å²) in [4.78, 5) is 0. The predicted octanol–water partition coefficient (Wildman–Crippen LogP) is 0.949. The van der Waals surface area contributed by atoms with Gasteiger partial charge in [-0.1, -0.05) is 52.0 Å². The van der Waals surface area contributed by atoms with Crippen LogP contribution in [0.1, 0.15) is 0 Å². The normalized spacial score (nSPS) is 10.8. The fourth-order valence-electron chi connectivity index (χ4n) is 2.45. The number of benzene rings is 3. The second kappa shape index (κ2) is 5.95. The van der Waals surface area contributed by atoms with Crippen LogP contribution in [0.25, 0.3) is 0 Å². The lowest BCUT2D eigenvalue weighted by Gasteiger charge is -2.17. The number of nitrogen functional groups attached to an aromatic ring is 3. The molecule has 0 fully saturated rings. The molecule has 1 radical (unpaired) electrons. The van der Waals surface area contributed by atoms with Crippen LogP contribution in [0.5, 0.6) is 0 Å². The first kappa shape index (κ1) is 14.2. The van der Waals surface area contributed by atoms with E-state index in [4.69, 9.17) is 17.2 Å². The molecule has 0 saturated carbocycles. The summed E-state index contributed by atoms with van der Waals surface area (Å²) in [5, 5.41) is 3.86. The highest BCUT2D eigenvalue weighted by Gasteiger charge is 2.19. The van der Waals surface area contributed by atoms with Gasteiger partial charge in [-0.25, -0.2) is 0 Å². The van der Waals surface area contributed by atoms with Crippen molar-refractivity contribution in [2.45, 2.75) is 0 Å². The minimum atomic E-state index is -1.09. The summed E-state index contributed by atoms with van der Waals surface area (Å²) in [7, 11) is -1.09. The summed E-state index contributed by atoms with van der Waals surface area (Å²) in [5.41, 5.74) is 19.8. The smallest absolute Gasteiger partial charge is 0.154 e. The highest BCUT2D eigenvalue weighted by Crippen LogP contribution is 2.04. The van der Waals surface area contributed by atoms with Crippen molar-refractivity contribution in [3.8, 4) is 0 Å². The number of nitrogens with two attached hydrogens (primary N) is 3. The number of anilines is 3. The largest absolute Gasteiger partial charge is 0.399 e. The van der Waals surface area contributed by atoms with Crippen LogP contribution < -0.4 is 32.8 Å². The van der Waals surface area contributed by atoms with Crippen LogP contribution in [-0.2, 0) is 0 Å². The van der Waals surface area contributed by atoms with E-state index in [0.29, 0.717) is 0 Å². The van der Waals surface area contributed by atoms with E-state index in [1.54, 1.807) is 0 Å². The highest BCUT2D eigenvalue weighted by atomic mass is 28.3. The van der Waals surface area contributed by atoms with Gasteiger partial charge in [-0.3, -0.25) is 0 Å². The monoisotopic (exact) mass is 304 g/mol. The fraction of sp³-hybridized carbons (Fsp3) is 0.